The van der Waals surface area contributed by atoms with E-state index in [0.717, 1.165) is 12.0 Å². The van der Waals surface area contributed by atoms with Crippen molar-refractivity contribution in [3.8, 4) is 0 Å². The molecule has 0 radical (unpaired) electrons. The molecule has 6 nitrogen and oxygen atoms in total. The van der Waals surface area contributed by atoms with Crippen LogP contribution in [0.2, 0.25) is 0 Å². The molecule has 1 aromatic rings. The Morgan fingerprint density at radius 2 is 1.82 bits per heavy atom. The van der Waals surface area contributed by atoms with Gasteiger partial charge in [0.1, 0.15) is 0 Å². The SMILES string of the molecule is CC(=O)NCC1C(O)C(O)C(CO)N1CCc1ccccc1. The van der Waals surface area contributed by atoms with Gasteiger partial charge in [0.15, 0.2) is 0 Å². The van der Waals surface area contributed by atoms with Gasteiger partial charge in [0.2, 0.25) is 5.91 Å². The number of hydrogen-bond donors (Lipinski definition) is 4. The first-order valence-corrected chi connectivity index (χ1v) is 7.55. The van der Waals surface area contributed by atoms with Crippen LogP contribution in [0.1, 0.15) is 12.5 Å². The zero-order valence-corrected chi connectivity index (χ0v) is 12.7. The Hall–Kier alpha value is -1.47. The molecule has 1 aliphatic rings. The van der Waals surface area contributed by atoms with Crippen LogP contribution in [0.3, 0.4) is 0 Å². The summed E-state index contributed by atoms with van der Waals surface area (Å²) < 4.78 is 0. The fourth-order valence-corrected chi connectivity index (χ4v) is 3.03. The Morgan fingerprint density at radius 3 is 2.41 bits per heavy atom. The number of nitrogens with one attached hydrogen (secondary N) is 1. The first kappa shape index (κ1) is 16.9. The third-order valence-corrected chi connectivity index (χ3v) is 4.24. The zero-order chi connectivity index (χ0) is 16.1. The van der Waals surface area contributed by atoms with Gasteiger partial charge in [0.05, 0.1) is 30.9 Å². The predicted octanol–water partition coefficient (Wildman–Crippen LogP) is -0.868. The Labute approximate surface area is 130 Å². The Balaban J connectivity index is 2.06. The molecule has 1 heterocycles. The maximum atomic E-state index is 11.1. The first-order chi connectivity index (χ1) is 10.5. The van der Waals surface area contributed by atoms with Gasteiger partial charge in [-0.25, -0.2) is 0 Å². The van der Waals surface area contributed by atoms with E-state index in [4.69, 9.17) is 0 Å². The lowest BCUT2D eigenvalue weighted by atomic mass is 10.1. The quantitative estimate of drug-likeness (QED) is 0.548. The summed E-state index contributed by atoms with van der Waals surface area (Å²) in [6.07, 6.45) is -1.26. The molecule has 0 aliphatic carbocycles. The number of aliphatic hydroxyl groups excluding tert-OH is 3. The van der Waals surface area contributed by atoms with Crippen molar-refractivity contribution in [2.75, 3.05) is 19.7 Å². The highest BCUT2D eigenvalue weighted by molar-refractivity contribution is 5.72. The molecule has 122 valence electrons. The van der Waals surface area contributed by atoms with Crippen molar-refractivity contribution < 1.29 is 20.1 Å². The molecule has 4 atom stereocenters. The number of amides is 1. The van der Waals surface area contributed by atoms with Gasteiger partial charge in [-0.2, -0.15) is 0 Å². The minimum absolute atomic E-state index is 0.183. The summed E-state index contributed by atoms with van der Waals surface area (Å²) in [6.45, 7) is 2.02. The normalized spacial score (nSPS) is 28.7. The number of benzene rings is 1. The lowest BCUT2D eigenvalue weighted by Gasteiger charge is -2.29. The molecular formula is C16H24N2O4. The van der Waals surface area contributed by atoms with Gasteiger partial charge in [-0.05, 0) is 12.0 Å². The number of likely N-dealkylation sites (tertiary alicyclic amines) is 1. The molecule has 22 heavy (non-hydrogen) atoms. The Bertz CT molecular complexity index is 482. The van der Waals surface area contributed by atoms with Crippen LogP contribution < -0.4 is 5.32 Å². The fourth-order valence-electron chi connectivity index (χ4n) is 3.03. The van der Waals surface area contributed by atoms with E-state index in [1.54, 1.807) is 0 Å². The van der Waals surface area contributed by atoms with Crippen molar-refractivity contribution in [1.29, 1.82) is 0 Å². The van der Waals surface area contributed by atoms with Crippen LogP contribution in [0, 0.1) is 0 Å². The predicted molar refractivity (Wildman–Crippen MR) is 82.2 cm³/mol. The maximum absolute atomic E-state index is 11.1. The monoisotopic (exact) mass is 308 g/mol. The minimum Gasteiger partial charge on any atom is -0.395 e. The van der Waals surface area contributed by atoms with Gasteiger partial charge >= 0.3 is 0 Å². The largest absolute Gasteiger partial charge is 0.395 e. The zero-order valence-electron chi connectivity index (χ0n) is 12.7. The summed E-state index contributed by atoms with van der Waals surface area (Å²) in [5, 5.41) is 32.5. The third kappa shape index (κ3) is 3.84. The standard InChI is InChI=1S/C16H24N2O4/c1-11(20)17-9-13-15(21)16(22)14(10-19)18(13)8-7-12-5-3-2-4-6-12/h2-6,13-16,19,21-22H,7-10H2,1H3,(H,17,20). The van der Waals surface area contributed by atoms with Crippen LogP contribution >= 0.6 is 0 Å². The van der Waals surface area contributed by atoms with Crippen molar-refractivity contribution >= 4 is 5.91 Å². The second kappa shape index (κ2) is 7.69. The van der Waals surface area contributed by atoms with E-state index in [2.05, 4.69) is 5.32 Å². The van der Waals surface area contributed by atoms with Gasteiger partial charge in [0, 0.05) is 20.0 Å². The van der Waals surface area contributed by atoms with Crippen LogP contribution in [0.15, 0.2) is 30.3 Å². The van der Waals surface area contributed by atoms with Crippen LogP contribution in [-0.4, -0.2) is 70.1 Å². The molecule has 4 N–H and O–H groups in total. The summed E-state index contributed by atoms with van der Waals surface area (Å²) in [6, 6.07) is 8.97. The highest BCUT2D eigenvalue weighted by Gasteiger charge is 2.46. The molecule has 6 heteroatoms. The molecule has 1 aliphatic heterocycles. The second-order valence-electron chi connectivity index (χ2n) is 5.71. The van der Waals surface area contributed by atoms with Crippen LogP contribution in [0.4, 0.5) is 0 Å². The highest BCUT2D eigenvalue weighted by atomic mass is 16.3. The van der Waals surface area contributed by atoms with E-state index in [-0.39, 0.29) is 19.1 Å². The molecule has 2 rings (SSSR count). The molecular weight excluding hydrogens is 284 g/mol. The third-order valence-electron chi connectivity index (χ3n) is 4.24. The van der Waals surface area contributed by atoms with Gasteiger partial charge in [0.25, 0.3) is 0 Å². The molecule has 1 amide bonds. The van der Waals surface area contributed by atoms with E-state index in [9.17, 15) is 20.1 Å². The average molecular weight is 308 g/mol. The number of rotatable bonds is 6. The van der Waals surface area contributed by atoms with E-state index in [0.29, 0.717) is 6.54 Å². The van der Waals surface area contributed by atoms with E-state index < -0.39 is 24.3 Å². The molecule has 0 bridgehead atoms. The number of aliphatic hydroxyl groups is 3. The van der Waals surface area contributed by atoms with Gasteiger partial charge in [-0.1, -0.05) is 30.3 Å². The van der Waals surface area contributed by atoms with Gasteiger partial charge in [-0.3, -0.25) is 9.69 Å². The molecule has 4 unspecified atom stereocenters. The Morgan fingerprint density at radius 1 is 1.18 bits per heavy atom. The maximum Gasteiger partial charge on any atom is 0.216 e. The number of carbonyl (C=O) groups is 1. The number of carbonyl (C=O) groups excluding carboxylic acids is 1. The van der Waals surface area contributed by atoms with Crippen LogP contribution in [0.5, 0.6) is 0 Å². The van der Waals surface area contributed by atoms with Crippen LogP contribution in [0.25, 0.3) is 0 Å². The minimum atomic E-state index is -1.01. The highest BCUT2D eigenvalue weighted by Crippen LogP contribution is 2.25. The molecule has 0 saturated carbocycles. The smallest absolute Gasteiger partial charge is 0.216 e. The summed E-state index contributed by atoms with van der Waals surface area (Å²) in [4.78, 5) is 13.0. The fraction of sp³-hybridized carbons (Fsp3) is 0.562. The molecule has 1 aromatic carbocycles. The molecule has 0 spiro atoms. The van der Waals surface area contributed by atoms with Gasteiger partial charge < -0.3 is 20.6 Å². The summed E-state index contributed by atoms with van der Waals surface area (Å²) in [5.41, 5.74) is 1.15. The second-order valence-corrected chi connectivity index (χ2v) is 5.71. The van der Waals surface area contributed by atoms with Crippen molar-refractivity contribution in [2.45, 2.75) is 37.6 Å². The van der Waals surface area contributed by atoms with E-state index in [1.807, 2.05) is 35.2 Å². The molecule has 1 fully saturated rings. The lowest BCUT2D eigenvalue weighted by molar-refractivity contribution is -0.119. The van der Waals surface area contributed by atoms with Gasteiger partial charge in [-0.15, -0.1) is 0 Å². The van der Waals surface area contributed by atoms with E-state index >= 15 is 0 Å². The van der Waals surface area contributed by atoms with Crippen molar-refractivity contribution in [3.63, 3.8) is 0 Å². The summed E-state index contributed by atoms with van der Waals surface area (Å²) >= 11 is 0. The molecule has 1 saturated heterocycles. The van der Waals surface area contributed by atoms with Crippen molar-refractivity contribution in [1.82, 2.24) is 10.2 Å². The van der Waals surface area contributed by atoms with Crippen LogP contribution in [-0.2, 0) is 11.2 Å². The summed E-state index contributed by atoms with van der Waals surface area (Å²) in [7, 11) is 0. The summed E-state index contributed by atoms with van der Waals surface area (Å²) in [5.74, 6) is -0.183. The van der Waals surface area contributed by atoms with E-state index in [1.165, 1.54) is 6.92 Å². The average Bonchev–Trinajstić information content (AvgIpc) is 2.75. The number of nitrogens with zero attached hydrogens (tertiary/aromatic N) is 1. The van der Waals surface area contributed by atoms with Crippen molar-refractivity contribution in [2.24, 2.45) is 0 Å². The Kier molecular flexibility index (Phi) is 5.90. The first-order valence-electron chi connectivity index (χ1n) is 7.55. The topological polar surface area (TPSA) is 93.0 Å². The number of hydrogen-bond acceptors (Lipinski definition) is 5. The van der Waals surface area contributed by atoms with Crippen molar-refractivity contribution in [3.05, 3.63) is 35.9 Å². The lowest BCUT2D eigenvalue weighted by Crippen LogP contribution is -2.47. The molecule has 0 aromatic heterocycles.